The van der Waals surface area contributed by atoms with Gasteiger partial charge in [-0.05, 0) is 31.2 Å². The smallest absolute Gasteiger partial charge is 0.274 e. The van der Waals surface area contributed by atoms with Gasteiger partial charge in [0, 0.05) is 18.0 Å². The van der Waals surface area contributed by atoms with E-state index >= 15 is 0 Å². The summed E-state index contributed by atoms with van der Waals surface area (Å²) in [5.74, 6) is -2.23. The summed E-state index contributed by atoms with van der Waals surface area (Å²) in [5.41, 5.74) is 0.461. The van der Waals surface area contributed by atoms with Crippen LogP contribution in [0.4, 0.5) is 14.5 Å². The SMILES string of the molecule is Cc1nc2cccnc2n(CC(=O)Nc2cc(F)cc(F)c2)c1=O. The van der Waals surface area contributed by atoms with Gasteiger partial charge in [0.15, 0.2) is 5.65 Å². The maximum Gasteiger partial charge on any atom is 0.274 e. The van der Waals surface area contributed by atoms with Crippen LogP contribution < -0.4 is 10.9 Å². The van der Waals surface area contributed by atoms with E-state index in [-0.39, 0.29) is 23.6 Å². The highest BCUT2D eigenvalue weighted by Gasteiger charge is 2.13. The van der Waals surface area contributed by atoms with Gasteiger partial charge in [0.2, 0.25) is 5.91 Å². The number of aromatic nitrogens is 3. The molecule has 2 heterocycles. The molecule has 0 atom stereocenters. The molecule has 1 N–H and O–H groups in total. The highest BCUT2D eigenvalue weighted by Crippen LogP contribution is 2.13. The summed E-state index contributed by atoms with van der Waals surface area (Å²) in [7, 11) is 0. The van der Waals surface area contributed by atoms with Crippen molar-refractivity contribution < 1.29 is 13.6 Å². The standard InChI is InChI=1S/C16H12F2N4O2/c1-9-16(24)22(15-13(20-9)3-2-4-19-15)8-14(23)21-12-6-10(17)5-11(18)7-12/h2-7H,8H2,1H3,(H,21,23). The van der Waals surface area contributed by atoms with Crippen LogP contribution in [-0.4, -0.2) is 20.4 Å². The van der Waals surface area contributed by atoms with E-state index < -0.39 is 23.1 Å². The minimum atomic E-state index is -0.811. The van der Waals surface area contributed by atoms with E-state index in [2.05, 4.69) is 15.3 Å². The molecule has 1 aromatic carbocycles. The summed E-state index contributed by atoms with van der Waals surface area (Å²) in [6, 6.07) is 6.00. The zero-order valence-corrected chi connectivity index (χ0v) is 12.6. The molecule has 0 bridgehead atoms. The number of hydrogen-bond donors (Lipinski definition) is 1. The molecule has 0 radical (unpaired) electrons. The summed E-state index contributed by atoms with van der Waals surface area (Å²) < 4.78 is 27.5. The first-order chi connectivity index (χ1) is 11.4. The number of aryl methyl sites for hydroxylation is 1. The number of rotatable bonds is 3. The van der Waals surface area contributed by atoms with Gasteiger partial charge in [-0.1, -0.05) is 0 Å². The molecular weight excluding hydrogens is 318 g/mol. The number of benzene rings is 1. The van der Waals surface area contributed by atoms with Gasteiger partial charge < -0.3 is 5.32 Å². The maximum absolute atomic E-state index is 13.2. The summed E-state index contributed by atoms with van der Waals surface area (Å²) >= 11 is 0. The molecule has 0 fully saturated rings. The van der Waals surface area contributed by atoms with E-state index in [0.717, 1.165) is 12.1 Å². The molecular formula is C16H12F2N4O2. The van der Waals surface area contributed by atoms with Crippen LogP contribution in [-0.2, 0) is 11.3 Å². The van der Waals surface area contributed by atoms with Crippen LogP contribution in [0.2, 0.25) is 0 Å². The van der Waals surface area contributed by atoms with Crippen LogP contribution in [0.1, 0.15) is 5.69 Å². The van der Waals surface area contributed by atoms with E-state index in [1.54, 1.807) is 12.1 Å². The molecule has 6 nitrogen and oxygen atoms in total. The quantitative estimate of drug-likeness (QED) is 0.797. The van der Waals surface area contributed by atoms with Crippen LogP contribution in [0.15, 0.2) is 41.3 Å². The molecule has 2 aromatic heterocycles. The van der Waals surface area contributed by atoms with Crippen LogP contribution in [0.3, 0.4) is 0 Å². The second kappa shape index (κ2) is 6.15. The lowest BCUT2D eigenvalue weighted by Crippen LogP contribution is -2.30. The summed E-state index contributed by atoms with van der Waals surface area (Å²) in [6.45, 7) is 1.18. The Balaban J connectivity index is 1.93. The van der Waals surface area contributed by atoms with E-state index in [0.29, 0.717) is 11.6 Å². The van der Waals surface area contributed by atoms with Gasteiger partial charge in [-0.25, -0.2) is 18.7 Å². The van der Waals surface area contributed by atoms with Crippen molar-refractivity contribution in [1.29, 1.82) is 0 Å². The number of pyridine rings is 1. The fourth-order valence-corrected chi connectivity index (χ4v) is 2.32. The van der Waals surface area contributed by atoms with Gasteiger partial charge in [-0.3, -0.25) is 14.2 Å². The molecule has 0 aliphatic heterocycles. The van der Waals surface area contributed by atoms with Gasteiger partial charge in [0.05, 0.1) is 0 Å². The van der Waals surface area contributed by atoms with Crippen molar-refractivity contribution >= 4 is 22.8 Å². The molecule has 3 aromatic rings. The molecule has 0 aliphatic carbocycles. The van der Waals surface area contributed by atoms with Crippen molar-refractivity contribution in [1.82, 2.24) is 14.5 Å². The van der Waals surface area contributed by atoms with E-state index in [9.17, 15) is 18.4 Å². The third kappa shape index (κ3) is 3.12. The number of anilines is 1. The van der Waals surface area contributed by atoms with Crippen LogP contribution in [0.5, 0.6) is 0 Å². The molecule has 24 heavy (non-hydrogen) atoms. The summed E-state index contributed by atoms with van der Waals surface area (Å²) in [4.78, 5) is 32.6. The van der Waals surface area contributed by atoms with Gasteiger partial charge in [0.1, 0.15) is 29.4 Å². The number of amides is 1. The Kier molecular flexibility index (Phi) is 4.03. The summed E-state index contributed by atoms with van der Waals surface area (Å²) in [5, 5.41) is 2.36. The average Bonchev–Trinajstić information content (AvgIpc) is 2.50. The number of carbonyl (C=O) groups excluding carboxylic acids is 1. The first-order valence-electron chi connectivity index (χ1n) is 7.02. The second-order valence-corrected chi connectivity index (χ2v) is 5.14. The van der Waals surface area contributed by atoms with Crippen LogP contribution in [0.25, 0.3) is 11.2 Å². The van der Waals surface area contributed by atoms with Crippen LogP contribution >= 0.6 is 0 Å². The third-order valence-corrected chi connectivity index (χ3v) is 3.31. The Morgan fingerprint density at radius 3 is 2.67 bits per heavy atom. The van der Waals surface area contributed by atoms with Gasteiger partial charge in [-0.15, -0.1) is 0 Å². The fourth-order valence-electron chi connectivity index (χ4n) is 2.32. The summed E-state index contributed by atoms with van der Waals surface area (Å²) in [6.07, 6.45) is 1.48. The van der Waals surface area contributed by atoms with Gasteiger partial charge in [0.25, 0.3) is 5.56 Å². The molecule has 1 amide bonds. The predicted molar refractivity (Wildman–Crippen MR) is 83.5 cm³/mol. The first kappa shape index (κ1) is 15.7. The zero-order chi connectivity index (χ0) is 17.3. The molecule has 0 saturated heterocycles. The number of carbonyl (C=O) groups is 1. The highest BCUT2D eigenvalue weighted by molar-refractivity contribution is 5.91. The number of nitrogens with one attached hydrogen (secondary N) is 1. The molecule has 122 valence electrons. The maximum atomic E-state index is 13.2. The minimum absolute atomic E-state index is 0.0337. The lowest BCUT2D eigenvalue weighted by Gasteiger charge is -2.10. The molecule has 0 saturated carbocycles. The number of hydrogen-bond acceptors (Lipinski definition) is 4. The Hall–Kier alpha value is -3.16. The van der Waals surface area contributed by atoms with E-state index in [1.165, 1.54) is 17.7 Å². The van der Waals surface area contributed by atoms with E-state index in [4.69, 9.17) is 0 Å². The molecule has 3 rings (SSSR count). The van der Waals surface area contributed by atoms with E-state index in [1.807, 2.05) is 0 Å². The Morgan fingerprint density at radius 2 is 1.96 bits per heavy atom. The predicted octanol–water partition coefficient (Wildman–Crippen LogP) is 2.02. The Labute approximate surface area is 134 Å². The normalized spacial score (nSPS) is 10.8. The zero-order valence-electron chi connectivity index (χ0n) is 12.6. The monoisotopic (exact) mass is 330 g/mol. The van der Waals surface area contributed by atoms with Crippen molar-refractivity contribution in [3.05, 3.63) is 64.2 Å². The number of halogens is 2. The molecule has 8 heteroatoms. The van der Waals surface area contributed by atoms with Crippen molar-refractivity contribution in [2.24, 2.45) is 0 Å². The lowest BCUT2D eigenvalue weighted by molar-refractivity contribution is -0.116. The molecule has 0 unspecified atom stereocenters. The van der Waals surface area contributed by atoms with Crippen molar-refractivity contribution in [2.75, 3.05) is 5.32 Å². The molecule has 0 aliphatic rings. The second-order valence-electron chi connectivity index (χ2n) is 5.14. The molecule has 0 spiro atoms. The van der Waals surface area contributed by atoms with Crippen molar-refractivity contribution in [2.45, 2.75) is 13.5 Å². The number of fused-ring (bicyclic) bond motifs is 1. The third-order valence-electron chi connectivity index (χ3n) is 3.31. The minimum Gasteiger partial charge on any atom is -0.324 e. The average molecular weight is 330 g/mol. The topological polar surface area (TPSA) is 76.9 Å². The van der Waals surface area contributed by atoms with Gasteiger partial charge >= 0.3 is 0 Å². The lowest BCUT2D eigenvalue weighted by atomic mass is 10.3. The fraction of sp³-hybridized carbons (Fsp3) is 0.125. The largest absolute Gasteiger partial charge is 0.324 e. The Morgan fingerprint density at radius 1 is 1.25 bits per heavy atom. The van der Waals surface area contributed by atoms with Crippen LogP contribution in [0, 0.1) is 18.6 Å². The highest BCUT2D eigenvalue weighted by atomic mass is 19.1. The van der Waals surface area contributed by atoms with Crippen molar-refractivity contribution in [3.8, 4) is 0 Å². The first-order valence-corrected chi connectivity index (χ1v) is 7.02. The number of nitrogens with zero attached hydrogens (tertiary/aromatic N) is 3. The van der Waals surface area contributed by atoms with Gasteiger partial charge in [-0.2, -0.15) is 0 Å². The van der Waals surface area contributed by atoms with Crippen molar-refractivity contribution in [3.63, 3.8) is 0 Å². The Bertz CT molecular complexity index is 981.